The van der Waals surface area contributed by atoms with E-state index in [1.807, 2.05) is 30.3 Å². The van der Waals surface area contributed by atoms with Crippen LogP contribution in [0.5, 0.6) is 0 Å². The Morgan fingerprint density at radius 1 is 1.33 bits per heavy atom. The van der Waals surface area contributed by atoms with Crippen LogP contribution in [0, 0.1) is 6.92 Å². The second-order valence-electron chi connectivity index (χ2n) is 4.38. The Kier molecular flexibility index (Phi) is 3.42. The number of amides is 1. The molecule has 0 spiro atoms. The molecule has 0 saturated carbocycles. The number of aromatic nitrogens is 5. The first kappa shape index (κ1) is 13.0. The maximum Gasteiger partial charge on any atom is 0.249 e. The highest BCUT2D eigenvalue weighted by atomic mass is 16.5. The molecule has 0 aliphatic carbocycles. The second-order valence-corrected chi connectivity index (χ2v) is 4.38. The third kappa shape index (κ3) is 3.11. The Balaban J connectivity index is 1.66. The van der Waals surface area contributed by atoms with Crippen molar-refractivity contribution in [2.75, 3.05) is 5.32 Å². The third-order valence-electron chi connectivity index (χ3n) is 2.67. The van der Waals surface area contributed by atoms with Gasteiger partial charge in [-0.3, -0.25) is 4.79 Å². The molecule has 1 amide bonds. The molecule has 2 heterocycles. The molecule has 0 fully saturated rings. The zero-order valence-electron chi connectivity index (χ0n) is 11.2. The Bertz CT molecular complexity index is 749. The summed E-state index contributed by atoms with van der Waals surface area (Å²) < 4.78 is 4.86. The summed E-state index contributed by atoms with van der Waals surface area (Å²) in [7, 11) is 0. The van der Waals surface area contributed by atoms with Gasteiger partial charge in [0.2, 0.25) is 11.7 Å². The smallest absolute Gasteiger partial charge is 0.249 e. The molecule has 1 aromatic carbocycles. The zero-order valence-corrected chi connectivity index (χ0v) is 11.2. The monoisotopic (exact) mass is 284 g/mol. The highest BCUT2D eigenvalue weighted by molar-refractivity contribution is 5.89. The molecule has 0 aliphatic heterocycles. The number of carbonyl (C=O) groups is 1. The summed E-state index contributed by atoms with van der Waals surface area (Å²) >= 11 is 0. The molecular formula is C13H12N6O2. The molecule has 0 aliphatic rings. The summed E-state index contributed by atoms with van der Waals surface area (Å²) in [6.07, 6.45) is 0. The van der Waals surface area contributed by atoms with E-state index in [1.54, 1.807) is 13.0 Å². The highest BCUT2D eigenvalue weighted by Crippen LogP contribution is 2.12. The SMILES string of the molecule is Cc1cc(NC(=O)Cn2nnc(-c3ccccc3)n2)no1. The molecule has 21 heavy (non-hydrogen) atoms. The van der Waals surface area contributed by atoms with Gasteiger partial charge < -0.3 is 9.84 Å². The molecule has 0 radical (unpaired) electrons. The highest BCUT2D eigenvalue weighted by Gasteiger charge is 2.10. The summed E-state index contributed by atoms with van der Waals surface area (Å²) in [6.45, 7) is 1.69. The number of aryl methyl sites for hydroxylation is 1. The Morgan fingerprint density at radius 2 is 2.14 bits per heavy atom. The predicted octanol–water partition coefficient (Wildman–Crippen LogP) is 1.28. The fraction of sp³-hybridized carbons (Fsp3) is 0.154. The fourth-order valence-corrected chi connectivity index (χ4v) is 1.75. The molecular weight excluding hydrogens is 272 g/mol. The van der Waals surface area contributed by atoms with Gasteiger partial charge in [-0.1, -0.05) is 35.5 Å². The van der Waals surface area contributed by atoms with Gasteiger partial charge in [0.15, 0.2) is 5.82 Å². The van der Waals surface area contributed by atoms with Crippen LogP contribution in [0.3, 0.4) is 0 Å². The number of benzene rings is 1. The number of nitrogens with one attached hydrogen (secondary N) is 1. The summed E-state index contributed by atoms with van der Waals surface area (Å²) in [5.74, 6) is 1.15. The number of tetrazole rings is 1. The van der Waals surface area contributed by atoms with E-state index in [1.165, 1.54) is 4.80 Å². The van der Waals surface area contributed by atoms with Crippen LogP contribution in [-0.4, -0.2) is 31.3 Å². The summed E-state index contributed by atoms with van der Waals surface area (Å²) in [5.41, 5.74) is 0.844. The molecule has 1 N–H and O–H groups in total. The van der Waals surface area contributed by atoms with E-state index in [2.05, 4.69) is 25.9 Å². The number of hydrogen-bond donors (Lipinski definition) is 1. The van der Waals surface area contributed by atoms with E-state index in [-0.39, 0.29) is 12.5 Å². The first-order valence-electron chi connectivity index (χ1n) is 6.27. The van der Waals surface area contributed by atoms with Gasteiger partial charge in [-0.15, -0.1) is 10.2 Å². The quantitative estimate of drug-likeness (QED) is 0.774. The minimum atomic E-state index is -0.305. The first-order valence-corrected chi connectivity index (χ1v) is 6.27. The Morgan fingerprint density at radius 3 is 2.86 bits per heavy atom. The second kappa shape index (κ2) is 5.53. The van der Waals surface area contributed by atoms with Crippen LogP contribution in [0.25, 0.3) is 11.4 Å². The standard InChI is InChI=1S/C13H12N6O2/c1-9-7-11(17-21-9)14-12(20)8-19-16-13(15-18-19)10-5-3-2-4-6-10/h2-7H,8H2,1H3,(H,14,17,20). The average molecular weight is 284 g/mol. The number of nitrogens with zero attached hydrogens (tertiary/aromatic N) is 5. The molecule has 0 bridgehead atoms. The minimum Gasteiger partial charge on any atom is -0.360 e. The average Bonchev–Trinajstić information content (AvgIpc) is 3.09. The molecule has 2 aromatic heterocycles. The molecule has 3 aromatic rings. The lowest BCUT2D eigenvalue weighted by molar-refractivity contribution is -0.117. The summed E-state index contributed by atoms with van der Waals surface area (Å²) in [5, 5.41) is 18.2. The van der Waals surface area contributed by atoms with Crippen molar-refractivity contribution in [1.29, 1.82) is 0 Å². The van der Waals surface area contributed by atoms with E-state index in [9.17, 15) is 4.79 Å². The van der Waals surface area contributed by atoms with Gasteiger partial charge in [0, 0.05) is 11.6 Å². The summed E-state index contributed by atoms with van der Waals surface area (Å²) in [4.78, 5) is 13.0. The van der Waals surface area contributed by atoms with E-state index in [4.69, 9.17) is 4.52 Å². The molecule has 3 rings (SSSR count). The number of hydrogen-bond acceptors (Lipinski definition) is 6. The topological polar surface area (TPSA) is 98.7 Å². The van der Waals surface area contributed by atoms with Crippen molar-refractivity contribution in [2.45, 2.75) is 13.5 Å². The lowest BCUT2D eigenvalue weighted by Gasteiger charge is -1.99. The van der Waals surface area contributed by atoms with E-state index >= 15 is 0 Å². The Hall–Kier alpha value is -3.03. The number of rotatable bonds is 4. The maximum absolute atomic E-state index is 11.8. The van der Waals surface area contributed by atoms with Gasteiger partial charge >= 0.3 is 0 Å². The minimum absolute atomic E-state index is 0.0499. The molecule has 0 unspecified atom stereocenters. The lowest BCUT2D eigenvalue weighted by Crippen LogP contribution is -2.20. The van der Waals surface area contributed by atoms with Crippen molar-refractivity contribution in [3.63, 3.8) is 0 Å². The lowest BCUT2D eigenvalue weighted by atomic mass is 10.2. The molecule has 106 valence electrons. The molecule has 8 nitrogen and oxygen atoms in total. The van der Waals surface area contributed by atoms with Crippen LogP contribution in [0.1, 0.15) is 5.76 Å². The number of anilines is 1. The molecule has 0 atom stereocenters. The van der Waals surface area contributed by atoms with Gasteiger partial charge in [-0.05, 0) is 12.1 Å². The van der Waals surface area contributed by atoms with Crippen molar-refractivity contribution in [3.05, 3.63) is 42.2 Å². The van der Waals surface area contributed by atoms with Gasteiger partial charge in [-0.25, -0.2) is 0 Å². The van der Waals surface area contributed by atoms with E-state index in [0.717, 1.165) is 5.56 Å². The van der Waals surface area contributed by atoms with Crippen molar-refractivity contribution >= 4 is 11.7 Å². The van der Waals surface area contributed by atoms with E-state index < -0.39 is 0 Å². The van der Waals surface area contributed by atoms with Gasteiger partial charge in [0.05, 0.1) is 0 Å². The van der Waals surface area contributed by atoms with Crippen LogP contribution in [0.4, 0.5) is 5.82 Å². The first-order chi connectivity index (χ1) is 10.2. The van der Waals surface area contributed by atoms with Crippen molar-refractivity contribution in [3.8, 4) is 11.4 Å². The van der Waals surface area contributed by atoms with Gasteiger partial charge in [0.1, 0.15) is 12.3 Å². The largest absolute Gasteiger partial charge is 0.360 e. The zero-order chi connectivity index (χ0) is 14.7. The third-order valence-corrected chi connectivity index (χ3v) is 2.67. The molecule has 8 heteroatoms. The number of carbonyl (C=O) groups excluding carboxylic acids is 1. The van der Waals surface area contributed by atoms with Crippen molar-refractivity contribution in [1.82, 2.24) is 25.4 Å². The Labute approximate surface area is 119 Å². The van der Waals surface area contributed by atoms with Crippen molar-refractivity contribution in [2.24, 2.45) is 0 Å². The normalized spacial score (nSPS) is 10.5. The van der Waals surface area contributed by atoms with Crippen LogP contribution in [0.2, 0.25) is 0 Å². The van der Waals surface area contributed by atoms with Gasteiger partial charge in [-0.2, -0.15) is 4.80 Å². The maximum atomic E-state index is 11.8. The summed E-state index contributed by atoms with van der Waals surface area (Å²) in [6, 6.07) is 11.0. The van der Waals surface area contributed by atoms with Crippen molar-refractivity contribution < 1.29 is 9.32 Å². The van der Waals surface area contributed by atoms with Crippen LogP contribution in [-0.2, 0) is 11.3 Å². The van der Waals surface area contributed by atoms with Gasteiger partial charge in [0.25, 0.3) is 0 Å². The van der Waals surface area contributed by atoms with E-state index in [0.29, 0.717) is 17.4 Å². The van der Waals surface area contributed by atoms with Crippen LogP contribution < -0.4 is 5.32 Å². The molecule has 0 saturated heterocycles. The van der Waals surface area contributed by atoms with Crippen LogP contribution >= 0.6 is 0 Å². The fourth-order valence-electron chi connectivity index (χ4n) is 1.75. The predicted molar refractivity (Wildman–Crippen MR) is 73.1 cm³/mol. The van der Waals surface area contributed by atoms with Crippen LogP contribution in [0.15, 0.2) is 40.9 Å².